The Kier molecular flexibility index (Phi) is 5.35. The van der Waals surface area contributed by atoms with Crippen LogP contribution in [0, 0.1) is 11.3 Å². The summed E-state index contributed by atoms with van der Waals surface area (Å²) in [6.07, 6.45) is 1.15. The lowest BCUT2D eigenvalue weighted by Gasteiger charge is -2.14. The van der Waals surface area contributed by atoms with E-state index in [2.05, 4.69) is 0 Å². The van der Waals surface area contributed by atoms with Gasteiger partial charge in [-0.15, -0.1) is 0 Å². The van der Waals surface area contributed by atoms with Crippen molar-refractivity contribution in [2.24, 2.45) is 0 Å². The second kappa shape index (κ2) is 7.01. The van der Waals surface area contributed by atoms with Gasteiger partial charge in [0, 0.05) is 0 Å². The molecule has 6 heteroatoms. The molecule has 1 rings (SSSR count). The van der Waals surface area contributed by atoms with E-state index in [1.54, 1.807) is 24.3 Å². The molecule has 0 aliphatic carbocycles. The fourth-order valence-corrected chi connectivity index (χ4v) is 1.50. The van der Waals surface area contributed by atoms with Crippen LogP contribution in [0.4, 0.5) is 0 Å². The van der Waals surface area contributed by atoms with Gasteiger partial charge in [-0.25, -0.2) is 0 Å². The molecular weight excluding hydrogens is 248 g/mol. The predicted octanol–water partition coefficient (Wildman–Crippen LogP) is 1.01. The summed E-state index contributed by atoms with van der Waals surface area (Å²) in [6.45, 7) is 0.0321. The van der Waals surface area contributed by atoms with E-state index >= 15 is 0 Å². The van der Waals surface area contributed by atoms with E-state index in [0.717, 1.165) is 4.90 Å². The lowest BCUT2D eigenvalue weighted by molar-refractivity contribution is -0.126. The third-order valence-corrected chi connectivity index (χ3v) is 2.43. The van der Waals surface area contributed by atoms with Crippen LogP contribution in [-0.2, 0) is 16.1 Å². The first kappa shape index (κ1) is 14.5. The molecule has 0 bridgehead atoms. The zero-order valence-electron chi connectivity index (χ0n) is 10.7. The first-order chi connectivity index (χ1) is 9.15. The SMILES string of the molecule is COc1ccc(CN([C]=O)C(=O)CC#N)cc1OC. The number of rotatable bonds is 6. The van der Waals surface area contributed by atoms with Crippen molar-refractivity contribution >= 4 is 12.3 Å². The van der Waals surface area contributed by atoms with Gasteiger partial charge >= 0.3 is 6.41 Å². The van der Waals surface area contributed by atoms with Crippen molar-refractivity contribution in [3.05, 3.63) is 23.8 Å². The summed E-state index contributed by atoms with van der Waals surface area (Å²) in [4.78, 5) is 23.0. The van der Waals surface area contributed by atoms with E-state index in [4.69, 9.17) is 14.7 Å². The van der Waals surface area contributed by atoms with Crippen LogP contribution in [0.25, 0.3) is 0 Å². The molecule has 19 heavy (non-hydrogen) atoms. The maximum atomic E-state index is 11.4. The normalized spacial score (nSPS) is 9.32. The standard InChI is InChI=1S/C13H13N2O4/c1-18-11-4-3-10(7-12(11)19-2)8-15(9-16)13(17)5-6-14/h3-4,7H,5,8H2,1-2H3. The first-order valence-electron chi connectivity index (χ1n) is 5.42. The molecule has 1 radical (unpaired) electrons. The summed E-state index contributed by atoms with van der Waals surface area (Å²) < 4.78 is 10.2. The quantitative estimate of drug-likeness (QED) is 0.714. The summed E-state index contributed by atoms with van der Waals surface area (Å²) in [7, 11) is 3.01. The van der Waals surface area contributed by atoms with Gasteiger partial charge in [-0.2, -0.15) is 5.26 Å². The Morgan fingerprint density at radius 1 is 1.32 bits per heavy atom. The molecule has 0 saturated heterocycles. The van der Waals surface area contributed by atoms with Crippen molar-refractivity contribution in [1.82, 2.24) is 4.90 Å². The highest BCUT2D eigenvalue weighted by atomic mass is 16.5. The third-order valence-electron chi connectivity index (χ3n) is 2.43. The number of amides is 2. The molecule has 0 fully saturated rings. The number of imide groups is 1. The van der Waals surface area contributed by atoms with E-state index < -0.39 is 5.91 Å². The van der Waals surface area contributed by atoms with Gasteiger partial charge in [0.05, 0.1) is 26.8 Å². The maximum Gasteiger partial charge on any atom is 0.319 e. The number of nitrogens with zero attached hydrogens (tertiary/aromatic N) is 2. The number of nitriles is 1. The molecule has 0 atom stereocenters. The van der Waals surface area contributed by atoms with E-state index in [0.29, 0.717) is 17.1 Å². The van der Waals surface area contributed by atoms with Gasteiger partial charge in [0.15, 0.2) is 11.5 Å². The number of hydrogen-bond acceptors (Lipinski definition) is 5. The highest BCUT2D eigenvalue weighted by molar-refractivity contribution is 5.87. The summed E-state index contributed by atoms with van der Waals surface area (Å²) in [5.41, 5.74) is 0.673. The molecule has 0 aromatic heterocycles. The van der Waals surface area contributed by atoms with Crippen molar-refractivity contribution in [3.63, 3.8) is 0 Å². The minimum absolute atomic E-state index is 0.0321. The van der Waals surface area contributed by atoms with Crippen LogP contribution in [0.2, 0.25) is 0 Å². The molecule has 2 amide bonds. The molecular formula is C13H13N2O4. The molecule has 0 unspecified atom stereocenters. The van der Waals surface area contributed by atoms with Crippen LogP contribution in [0.3, 0.4) is 0 Å². The number of carbonyl (C=O) groups excluding carboxylic acids is 2. The molecule has 0 N–H and O–H groups in total. The molecule has 0 heterocycles. The van der Waals surface area contributed by atoms with E-state index in [1.807, 2.05) is 0 Å². The lowest BCUT2D eigenvalue weighted by Crippen LogP contribution is -2.28. The zero-order chi connectivity index (χ0) is 14.3. The Balaban J connectivity index is 2.89. The highest BCUT2D eigenvalue weighted by Gasteiger charge is 2.15. The minimum atomic E-state index is -0.590. The van der Waals surface area contributed by atoms with Crippen molar-refractivity contribution in [3.8, 4) is 17.6 Å². The maximum absolute atomic E-state index is 11.4. The fraction of sp³-hybridized carbons (Fsp3) is 0.308. The average Bonchev–Trinajstić information content (AvgIpc) is 2.44. The molecule has 99 valence electrons. The second-order valence-corrected chi connectivity index (χ2v) is 3.60. The number of benzene rings is 1. The molecule has 1 aromatic carbocycles. The van der Waals surface area contributed by atoms with Crippen LogP contribution in [0.15, 0.2) is 18.2 Å². The van der Waals surface area contributed by atoms with Crippen molar-refractivity contribution < 1.29 is 19.1 Å². The van der Waals surface area contributed by atoms with E-state index in [9.17, 15) is 9.59 Å². The second-order valence-electron chi connectivity index (χ2n) is 3.60. The van der Waals surface area contributed by atoms with E-state index in [1.165, 1.54) is 20.6 Å². The highest BCUT2D eigenvalue weighted by Crippen LogP contribution is 2.27. The van der Waals surface area contributed by atoms with Gasteiger partial charge in [0.2, 0.25) is 5.91 Å². The molecule has 0 aliphatic rings. The van der Waals surface area contributed by atoms with Gasteiger partial charge in [0.25, 0.3) is 0 Å². The lowest BCUT2D eigenvalue weighted by atomic mass is 10.2. The summed E-state index contributed by atoms with van der Waals surface area (Å²) in [5, 5.41) is 8.43. The zero-order valence-corrected chi connectivity index (χ0v) is 10.7. The van der Waals surface area contributed by atoms with Gasteiger partial charge < -0.3 is 9.47 Å². The average molecular weight is 261 g/mol. The Hall–Kier alpha value is -2.55. The third kappa shape index (κ3) is 3.71. The Labute approximate surface area is 111 Å². The topological polar surface area (TPSA) is 79.6 Å². The van der Waals surface area contributed by atoms with Crippen molar-refractivity contribution in [2.75, 3.05) is 14.2 Å². The van der Waals surface area contributed by atoms with E-state index in [-0.39, 0.29) is 13.0 Å². The fourth-order valence-electron chi connectivity index (χ4n) is 1.50. The van der Waals surface area contributed by atoms with Crippen LogP contribution in [0.1, 0.15) is 12.0 Å². The smallest absolute Gasteiger partial charge is 0.319 e. The Bertz CT molecular complexity index is 508. The summed E-state index contributed by atoms with van der Waals surface area (Å²) >= 11 is 0. The van der Waals surface area contributed by atoms with Crippen LogP contribution in [-0.4, -0.2) is 31.4 Å². The van der Waals surface area contributed by atoms with Crippen molar-refractivity contribution in [1.29, 1.82) is 5.26 Å². The van der Waals surface area contributed by atoms with Crippen LogP contribution >= 0.6 is 0 Å². The predicted molar refractivity (Wildman–Crippen MR) is 66.0 cm³/mol. The number of methoxy groups -OCH3 is 2. The molecule has 0 aliphatic heterocycles. The molecule has 0 saturated carbocycles. The minimum Gasteiger partial charge on any atom is -0.493 e. The van der Waals surface area contributed by atoms with Gasteiger partial charge in [-0.3, -0.25) is 14.5 Å². The number of carbonyl (C=O) groups is 1. The Morgan fingerprint density at radius 2 is 2.00 bits per heavy atom. The summed E-state index contributed by atoms with van der Waals surface area (Å²) in [6, 6.07) is 6.72. The largest absolute Gasteiger partial charge is 0.493 e. The van der Waals surface area contributed by atoms with Crippen molar-refractivity contribution in [2.45, 2.75) is 13.0 Å². The number of ether oxygens (including phenoxy) is 2. The Morgan fingerprint density at radius 3 is 2.53 bits per heavy atom. The first-order valence-corrected chi connectivity index (χ1v) is 5.42. The number of hydrogen-bond donors (Lipinski definition) is 0. The van der Waals surface area contributed by atoms with Gasteiger partial charge in [0.1, 0.15) is 6.42 Å². The summed E-state index contributed by atoms with van der Waals surface area (Å²) in [5.74, 6) is 0.460. The van der Waals surface area contributed by atoms with Gasteiger partial charge in [-0.05, 0) is 17.7 Å². The van der Waals surface area contributed by atoms with Crippen LogP contribution < -0.4 is 9.47 Å². The van der Waals surface area contributed by atoms with Gasteiger partial charge in [-0.1, -0.05) is 6.07 Å². The molecule has 1 aromatic rings. The molecule has 6 nitrogen and oxygen atoms in total. The molecule has 0 spiro atoms. The monoisotopic (exact) mass is 261 g/mol. The van der Waals surface area contributed by atoms with Crippen LogP contribution in [0.5, 0.6) is 11.5 Å².